The first-order chi connectivity index (χ1) is 10.1. The largest absolute Gasteiger partial charge is 0.368 e. The molecule has 2 aromatic heterocycles. The van der Waals surface area contributed by atoms with Crippen molar-refractivity contribution in [1.82, 2.24) is 19.5 Å². The smallest absolute Gasteiger partial charge is 0.220 e. The summed E-state index contributed by atoms with van der Waals surface area (Å²) in [6, 6.07) is 5.22. The topological polar surface area (TPSA) is 69.6 Å². The van der Waals surface area contributed by atoms with Gasteiger partial charge in [0.25, 0.3) is 0 Å². The van der Waals surface area contributed by atoms with Crippen LogP contribution >= 0.6 is 23.2 Å². The lowest BCUT2D eigenvalue weighted by Gasteiger charge is -2.10. The quantitative estimate of drug-likeness (QED) is 0.785. The number of nitrogens with zero attached hydrogens (tertiary/aromatic N) is 4. The highest BCUT2D eigenvalue weighted by Gasteiger charge is 2.16. The van der Waals surface area contributed by atoms with Gasteiger partial charge in [0.1, 0.15) is 5.82 Å². The zero-order valence-electron chi connectivity index (χ0n) is 11.1. The minimum absolute atomic E-state index is 0.175. The number of benzene rings is 1. The van der Waals surface area contributed by atoms with Crippen LogP contribution in [0.5, 0.6) is 0 Å². The summed E-state index contributed by atoms with van der Waals surface area (Å²) >= 11 is 12.2. The fraction of sp³-hybridized carbons (Fsp3) is 0.0714. The van der Waals surface area contributed by atoms with Gasteiger partial charge in [-0.2, -0.15) is 0 Å². The van der Waals surface area contributed by atoms with Gasteiger partial charge in [0.15, 0.2) is 0 Å². The zero-order chi connectivity index (χ0) is 15.0. The van der Waals surface area contributed by atoms with Crippen molar-refractivity contribution >= 4 is 29.2 Å². The fourth-order valence-electron chi connectivity index (χ4n) is 2.07. The molecule has 0 saturated heterocycles. The molecule has 0 aliphatic heterocycles. The van der Waals surface area contributed by atoms with Crippen molar-refractivity contribution in [1.29, 1.82) is 0 Å². The summed E-state index contributed by atoms with van der Waals surface area (Å²) in [6.07, 6.45) is 5.20. The number of halogens is 2. The Labute approximate surface area is 131 Å². The molecule has 0 atom stereocenters. The summed E-state index contributed by atoms with van der Waals surface area (Å²) in [6.45, 7) is 0. The van der Waals surface area contributed by atoms with Crippen LogP contribution in [0.4, 0.5) is 5.95 Å². The molecule has 7 heteroatoms. The summed E-state index contributed by atoms with van der Waals surface area (Å²) in [5, 5.41) is 1.06. The van der Waals surface area contributed by atoms with E-state index in [1.54, 1.807) is 30.6 Å². The maximum absolute atomic E-state index is 6.28. The maximum Gasteiger partial charge on any atom is 0.220 e. The molecule has 0 bridgehead atoms. The van der Waals surface area contributed by atoms with Crippen LogP contribution in [0, 0.1) is 0 Å². The molecule has 0 saturated carbocycles. The molecule has 0 unspecified atom stereocenters. The highest BCUT2D eigenvalue weighted by atomic mass is 35.5. The van der Waals surface area contributed by atoms with Crippen LogP contribution in [-0.4, -0.2) is 19.5 Å². The molecule has 3 rings (SSSR count). The molecule has 0 aliphatic carbocycles. The van der Waals surface area contributed by atoms with E-state index in [4.69, 9.17) is 28.9 Å². The number of nitrogen functional groups attached to an aromatic ring is 1. The van der Waals surface area contributed by atoms with E-state index in [1.165, 1.54) is 0 Å². The van der Waals surface area contributed by atoms with E-state index in [0.717, 1.165) is 17.0 Å². The first-order valence-corrected chi connectivity index (χ1v) is 6.87. The molecule has 0 spiro atoms. The molecule has 0 radical (unpaired) electrons. The minimum Gasteiger partial charge on any atom is -0.368 e. The fourth-order valence-corrected chi connectivity index (χ4v) is 2.57. The second-order valence-corrected chi connectivity index (χ2v) is 5.32. The van der Waals surface area contributed by atoms with Gasteiger partial charge in [-0.15, -0.1) is 0 Å². The van der Waals surface area contributed by atoms with E-state index < -0.39 is 0 Å². The minimum atomic E-state index is 0.175. The molecule has 0 amide bonds. The van der Waals surface area contributed by atoms with Gasteiger partial charge in [-0.25, -0.2) is 15.0 Å². The van der Waals surface area contributed by atoms with Crippen LogP contribution in [0.2, 0.25) is 10.0 Å². The molecular weight excluding hydrogens is 309 g/mol. The SMILES string of the molecule is Cn1ccnc1-c1cnc(N)nc1-c1ccc(Cl)cc1Cl. The first-order valence-electron chi connectivity index (χ1n) is 6.12. The lowest BCUT2D eigenvalue weighted by atomic mass is 10.1. The van der Waals surface area contributed by atoms with Gasteiger partial charge < -0.3 is 10.3 Å². The standard InChI is InChI=1S/C14H11Cl2N5/c1-21-5-4-18-13(21)10-7-19-14(17)20-12(10)9-3-2-8(15)6-11(9)16/h2-7H,1H3,(H2,17,19,20). The Morgan fingerprint density at radius 1 is 1.14 bits per heavy atom. The number of anilines is 1. The number of hydrogen-bond donors (Lipinski definition) is 1. The van der Waals surface area contributed by atoms with Crippen LogP contribution in [0.1, 0.15) is 0 Å². The van der Waals surface area contributed by atoms with Crippen molar-refractivity contribution in [3.63, 3.8) is 0 Å². The van der Waals surface area contributed by atoms with Crippen molar-refractivity contribution < 1.29 is 0 Å². The van der Waals surface area contributed by atoms with Crippen LogP contribution in [0.15, 0.2) is 36.8 Å². The van der Waals surface area contributed by atoms with Gasteiger partial charge >= 0.3 is 0 Å². The molecule has 2 N–H and O–H groups in total. The summed E-state index contributed by atoms with van der Waals surface area (Å²) in [7, 11) is 1.89. The Morgan fingerprint density at radius 3 is 2.62 bits per heavy atom. The third kappa shape index (κ3) is 2.57. The molecule has 2 heterocycles. The molecule has 21 heavy (non-hydrogen) atoms. The normalized spacial score (nSPS) is 10.8. The number of aryl methyl sites for hydroxylation is 1. The summed E-state index contributed by atoms with van der Waals surface area (Å²) in [5.74, 6) is 0.907. The van der Waals surface area contributed by atoms with E-state index in [2.05, 4.69) is 15.0 Å². The lowest BCUT2D eigenvalue weighted by Crippen LogP contribution is -2.01. The number of aromatic nitrogens is 4. The second-order valence-electron chi connectivity index (χ2n) is 4.48. The van der Waals surface area contributed by atoms with Crippen molar-refractivity contribution in [3.05, 3.63) is 46.8 Å². The monoisotopic (exact) mass is 319 g/mol. The van der Waals surface area contributed by atoms with Gasteiger partial charge in [-0.1, -0.05) is 23.2 Å². The van der Waals surface area contributed by atoms with Crippen molar-refractivity contribution in [2.75, 3.05) is 5.73 Å². The van der Waals surface area contributed by atoms with Crippen molar-refractivity contribution in [3.8, 4) is 22.6 Å². The average Bonchev–Trinajstić information content (AvgIpc) is 2.85. The molecule has 1 aromatic carbocycles. The van der Waals surface area contributed by atoms with Gasteiger partial charge in [-0.3, -0.25) is 0 Å². The van der Waals surface area contributed by atoms with Crippen molar-refractivity contribution in [2.45, 2.75) is 0 Å². The van der Waals surface area contributed by atoms with Crippen LogP contribution in [-0.2, 0) is 7.05 Å². The van der Waals surface area contributed by atoms with Gasteiger partial charge in [-0.05, 0) is 18.2 Å². The van der Waals surface area contributed by atoms with Crippen molar-refractivity contribution in [2.24, 2.45) is 7.05 Å². The van der Waals surface area contributed by atoms with Crippen LogP contribution in [0.25, 0.3) is 22.6 Å². The Bertz CT molecular complexity index is 813. The Morgan fingerprint density at radius 2 is 1.95 bits per heavy atom. The molecule has 0 aliphatic rings. The van der Waals surface area contributed by atoms with Gasteiger partial charge in [0, 0.05) is 36.2 Å². The van der Waals surface area contributed by atoms with E-state index >= 15 is 0 Å². The van der Waals surface area contributed by atoms with E-state index in [1.807, 2.05) is 17.8 Å². The zero-order valence-corrected chi connectivity index (χ0v) is 12.6. The van der Waals surface area contributed by atoms with Gasteiger partial charge in [0.05, 0.1) is 16.3 Å². The van der Waals surface area contributed by atoms with Crippen LogP contribution < -0.4 is 5.73 Å². The average molecular weight is 320 g/mol. The van der Waals surface area contributed by atoms with Gasteiger partial charge in [0.2, 0.25) is 5.95 Å². The third-order valence-electron chi connectivity index (χ3n) is 3.06. The van der Waals surface area contributed by atoms with E-state index in [-0.39, 0.29) is 5.95 Å². The molecule has 0 fully saturated rings. The predicted molar refractivity (Wildman–Crippen MR) is 84.1 cm³/mol. The Hall–Kier alpha value is -2.11. The Balaban J connectivity index is 2.27. The number of nitrogens with two attached hydrogens (primary N) is 1. The summed E-state index contributed by atoms with van der Waals surface area (Å²) < 4.78 is 1.88. The molecule has 106 valence electrons. The molecular formula is C14H11Cl2N5. The Kier molecular flexibility index (Phi) is 3.53. The number of hydrogen-bond acceptors (Lipinski definition) is 4. The number of imidazole rings is 1. The number of rotatable bonds is 2. The first kappa shape index (κ1) is 13.9. The molecule has 3 aromatic rings. The van der Waals surface area contributed by atoms with E-state index in [0.29, 0.717) is 15.7 Å². The van der Waals surface area contributed by atoms with Crippen LogP contribution in [0.3, 0.4) is 0 Å². The summed E-state index contributed by atoms with van der Waals surface area (Å²) in [4.78, 5) is 12.7. The molecule has 5 nitrogen and oxygen atoms in total. The highest BCUT2D eigenvalue weighted by molar-refractivity contribution is 6.36. The summed E-state index contributed by atoms with van der Waals surface area (Å²) in [5.41, 5.74) is 7.82. The maximum atomic E-state index is 6.28. The van der Waals surface area contributed by atoms with E-state index in [9.17, 15) is 0 Å². The predicted octanol–water partition coefficient (Wildman–Crippen LogP) is 3.43. The third-order valence-corrected chi connectivity index (χ3v) is 3.60. The second kappa shape index (κ2) is 5.35. The highest BCUT2D eigenvalue weighted by Crippen LogP contribution is 2.35. The lowest BCUT2D eigenvalue weighted by molar-refractivity contribution is 0.922.